The van der Waals surface area contributed by atoms with E-state index in [0.29, 0.717) is 11.5 Å². The Kier molecular flexibility index (Phi) is 3.96. The molecule has 7 nitrogen and oxygen atoms in total. The number of hydrogen-bond acceptors (Lipinski definition) is 6. The van der Waals surface area contributed by atoms with Crippen LogP contribution in [0.3, 0.4) is 0 Å². The third-order valence-corrected chi connectivity index (χ3v) is 4.06. The first kappa shape index (κ1) is 14.4. The molecule has 0 aliphatic carbocycles. The number of anilines is 1. The third-order valence-electron chi connectivity index (χ3n) is 2.59. The minimum atomic E-state index is -3.74. The number of rotatable bonds is 5. The van der Waals surface area contributed by atoms with Crippen molar-refractivity contribution in [2.45, 2.75) is 18.4 Å². The van der Waals surface area contributed by atoms with Crippen LogP contribution in [0, 0.1) is 6.92 Å². The molecule has 2 aromatic rings. The Morgan fingerprint density at radius 1 is 1.45 bits per heavy atom. The summed E-state index contributed by atoms with van der Waals surface area (Å²) in [5.41, 5.74) is 5.83. The number of aryl methyl sites for hydroxylation is 1. The molecule has 0 amide bonds. The monoisotopic (exact) mass is 297 g/mol. The predicted octanol–water partition coefficient (Wildman–Crippen LogP) is 1.05. The largest absolute Gasteiger partial charge is 0.497 e. The van der Waals surface area contributed by atoms with Crippen LogP contribution in [0.1, 0.15) is 11.7 Å². The van der Waals surface area contributed by atoms with Gasteiger partial charge in [-0.1, -0.05) is 0 Å². The second kappa shape index (κ2) is 5.51. The van der Waals surface area contributed by atoms with Gasteiger partial charge in [0.15, 0.2) is 0 Å². The van der Waals surface area contributed by atoms with Crippen LogP contribution in [0.15, 0.2) is 33.7 Å². The minimum Gasteiger partial charge on any atom is -0.497 e. The summed E-state index contributed by atoms with van der Waals surface area (Å²) in [6.45, 7) is 1.69. The Hall–Kier alpha value is -2.06. The van der Waals surface area contributed by atoms with Crippen LogP contribution in [0.25, 0.3) is 0 Å². The van der Waals surface area contributed by atoms with Gasteiger partial charge in [0.2, 0.25) is 15.9 Å². The Bertz CT molecular complexity index is 709. The van der Waals surface area contributed by atoms with Crippen molar-refractivity contribution < 1.29 is 17.6 Å². The van der Waals surface area contributed by atoms with Crippen molar-refractivity contribution in [1.29, 1.82) is 0 Å². The van der Waals surface area contributed by atoms with Crippen LogP contribution in [-0.2, 0) is 16.6 Å². The van der Waals surface area contributed by atoms with Gasteiger partial charge >= 0.3 is 0 Å². The lowest BCUT2D eigenvalue weighted by atomic mass is 10.3. The number of oxazole rings is 1. The first-order valence-corrected chi connectivity index (χ1v) is 7.25. The summed E-state index contributed by atoms with van der Waals surface area (Å²) in [6.07, 6.45) is 1.52. The number of sulfonamides is 1. The number of nitrogens with two attached hydrogens (primary N) is 1. The minimum absolute atomic E-state index is 0.0124. The molecule has 2 rings (SSSR count). The zero-order valence-corrected chi connectivity index (χ0v) is 11.9. The molecule has 3 N–H and O–H groups in total. The number of nitrogens with zero attached hydrogens (tertiary/aromatic N) is 1. The number of aromatic nitrogens is 1. The number of ether oxygens (including phenoxy) is 1. The van der Waals surface area contributed by atoms with Crippen LogP contribution in [0.4, 0.5) is 5.69 Å². The van der Waals surface area contributed by atoms with Gasteiger partial charge in [-0.2, -0.15) is 0 Å². The smallest absolute Gasteiger partial charge is 0.243 e. The van der Waals surface area contributed by atoms with E-state index in [9.17, 15) is 8.42 Å². The summed E-state index contributed by atoms with van der Waals surface area (Å²) >= 11 is 0. The molecule has 1 aromatic heterocycles. The van der Waals surface area contributed by atoms with E-state index in [1.54, 1.807) is 6.92 Å². The van der Waals surface area contributed by atoms with E-state index < -0.39 is 10.0 Å². The molecule has 0 fully saturated rings. The molecule has 0 saturated carbocycles. The highest BCUT2D eigenvalue weighted by molar-refractivity contribution is 7.89. The van der Waals surface area contributed by atoms with E-state index in [2.05, 4.69) is 9.71 Å². The fraction of sp³-hybridized carbons (Fsp3) is 0.250. The molecule has 0 radical (unpaired) electrons. The normalized spacial score (nSPS) is 11.5. The molecule has 0 bridgehead atoms. The number of nitrogens with one attached hydrogen (secondary N) is 1. The SMILES string of the molecule is COc1ccc(S(=O)(=O)NCc2ncc(C)o2)c(N)c1. The standard InChI is InChI=1S/C12H15N3O4S/c1-8-6-14-12(19-8)7-15-20(16,17)11-4-3-9(18-2)5-10(11)13/h3-6,15H,7,13H2,1-2H3. The van der Waals surface area contributed by atoms with Gasteiger partial charge in [-0.3, -0.25) is 0 Å². The molecule has 0 saturated heterocycles. The molecule has 20 heavy (non-hydrogen) atoms. The van der Waals surface area contributed by atoms with Crippen molar-refractivity contribution in [2.24, 2.45) is 0 Å². The highest BCUT2D eigenvalue weighted by atomic mass is 32.2. The molecule has 0 aliphatic rings. The highest BCUT2D eigenvalue weighted by Gasteiger charge is 2.18. The maximum atomic E-state index is 12.1. The topological polar surface area (TPSA) is 107 Å². The average Bonchev–Trinajstić information content (AvgIpc) is 2.82. The van der Waals surface area contributed by atoms with Gasteiger partial charge in [-0.15, -0.1) is 0 Å². The fourth-order valence-electron chi connectivity index (χ4n) is 1.62. The van der Waals surface area contributed by atoms with Gasteiger partial charge in [0.25, 0.3) is 0 Å². The van der Waals surface area contributed by atoms with Crippen molar-refractivity contribution >= 4 is 15.7 Å². The first-order valence-electron chi connectivity index (χ1n) is 5.77. The average molecular weight is 297 g/mol. The molecule has 0 atom stereocenters. The van der Waals surface area contributed by atoms with E-state index in [1.165, 1.54) is 31.5 Å². The molecular formula is C12H15N3O4S. The molecular weight excluding hydrogens is 282 g/mol. The second-order valence-corrected chi connectivity index (χ2v) is 5.83. The summed E-state index contributed by atoms with van der Waals surface area (Å²) in [4.78, 5) is 3.91. The zero-order valence-electron chi connectivity index (χ0n) is 11.1. The zero-order chi connectivity index (χ0) is 14.8. The van der Waals surface area contributed by atoms with Crippen molar-refractivity contribution in [3.63, 3.8) is 0 Å². The van der Waals surface area contributed by atoms with Gasteiger partial charge in [0, 0.05) is 6.07 Å². The fourth-order valence-corrected chi connectivity index (χ4v) is 2.70. The second-order valence-electron chi connectivity index (χ2n) is 4.09. The van der Waals surface area contributed by atoms with E-state index in [1.807, 2.05) is 0 Å². The summed E-state index contributed by atoms with van der Waals surface area (Å²) in [6, 6.07) is 4.36. The Labute approximate surface area is 116 Å². The lowest BCUT2D eigenvalue weighted by Crippen LogP contribution is -2.24. The number of methoxy groups -OCH3 is 1. The maximum absolute atomic E-state index is 12.1. The lowest BCUT2D eigenvalue weighted by Gasteiger charge is -2.09. The van der Waals surface area contributed by atoms with E-state index >= 15 is 0 Å². The highest BCUT2D eigenvalue weighted by Crippen LogP contribution is 2.23. The molecule has 1 aromatic carbocycles. The third kappa shape index (κ3) is 3.09. The molecule has 0 unspecified atom stereocenters. The van der Waals surface area contributed by atoms with Crippen LogP contribution >= 0.6 is 0 Å². The quantitative estimate of drug-likeness (QED) is 0.799. The van der Waals surface area contributed by atoms with Gasteiger partial charge < -0.3 is 14.9 Å². The van der Waals surface area contributed by atoms with Crippen LogP contribution in [-0.4, -0.2) is 20.5 Å². The van der Waals surface area contributed by atoms with Gasteiger partial charge in [-0.25, -0.2) is 18.1 Å². The molecule has 0 spiro atoms. The Balaban J connectivity index is 2.18. The number of nitrogen functional groups attached to an aromatic ring is 1. The predicted molar refractivity (Wildman–Crippen MR) is 72.7 cm³/mol. The van der Waals surface area contributed by atoms with Crippen LogP contribution < -0.4 is 15.2 Å². The summed E-state index contributed by atoms with van der Waals surface area (Å²) in [5.74, 6) is 1.39. The van der Waals surface area contributed by atoms with Crippen LogP contribution in [0.5, 0.6) is 5.75 Å². The van der Waals surface area contributed by atoms with Crippen LogP contribution in [0.2, 0.25) is 0 Å². The number of benzene rings is 1. The summed E-state index contributed by atoms with van der Waals surface area (Å²) < 4.78 is 36.8. The van der Waals surface area contributed by atoms with E-state index in [0.717, 1.165) is 0 Å². The molecule has 8 heteroatoms. The van der Waals surface area contributed by atoms with E-state index in [-0.39, 0.29) is 23.0 Å². The van der Waals surface area contributed by atoms with Gasteiger partial charge in [-0.05, 0) is 19.1 Å². The lowest BCUT2D eigenvalue weighted by molar-refractivity contribution is 0.414. The molecule has 0 aliphatic heterocycles. The van der Waals surface area contributed by atoms with Crippen molar-refractivity contribution in [3.8, 4) is 5.75 Å². The van der Waals surface area contributed by atoms with E-state index in [4.69, 9.17) is 14.9 Å². The number of hydrogen-bond donors (Lipinski definition) is 2. The van der Waals surface area contributed by atoms with Gasteiger partial charge in [0.05, 0.1) is 25.5 Å². The molecule has 108 valence electrons. The van der Waals surface area contributed by atoms with Crippen molar-refractivity contribution in [2.75, 3.05) is 12.8 Å². The Morgan fingerprint density at radius 2 is 2.20 bits per heavy atom. The summed E-state index contributed by atoms with van der Waals surface area (Å²) in [5, 5.41) is 0. The molecule has 1 heterocycles. The maximum Gasteiger partial charge on any atom is 0.243 e. The Morgan fingerprint density at radius 3 is 2.75 bits per heavy atom. The van der Waals surface area contributed by atoms with Crippen molar-refractivity contribution in [1.82, 2.24) is 9.71 Å². The summed E-state index contributed by atoms with van der Waals surface area (Å²) in [7, 11) is -2.26. The van der Waals surface area contributed by atoms with Gasteiger partial charge in [0.1, 0.15) is 16.4 Å². The van der Waals surface area contributed by atoms with Crippen molar-refractivity contribution in [3.05, 3.63) is 36.0 Å². The first-order chi connectivity index (χ1) is 9.42.